The van der Waals surface area contributed by atoms with Crippen molar-refractivity contribution in [1.82, 2.24) is 19.9 Å². The maximum Gasteiger partial charge on any atom is 0.321 e. The van der Waals surface area contributed by atoms with Gasteiger partial charge < -0.3 is 15.2 Å². The zero-order chi connectivity index (χ0) is 16.6. The molecule has 1 aromatic carbocycles. The Kier molecular flexibility index (Phi) is 3.92. The normalized spacial score (nSPS) is 10.8. The van der Waals surface area contributed by atoms with Crippen molar-refractivity contribution in [2.24, 2.45) is 0 Å². The molecule has 0 saturated heterocycles. The third-order valence-corrected chi connectivity index (χ3v) is 3.68. The lowest BCUT2D eigenvalue weighted by molar-refractivity contribution is 0.230. The van der Waals surface area contributed by atoms with E-state index in [1.807, 2.05) is 13.0 Å². The molecule has 118 valence electrons. The van der Waals surface area contributed by atoms with Crippen molar-refractivity contribution in [2.75, 3.05) is 19.4 Å². The lowest BCUT2D eigenvalue weighted by atomic mass is 10.2. The molecule has 2 N–H and O–H groups in total. The zero-order valence-corrected chi connectivity index (χ0v) is 13.8. The predicted octanol–water partition coefficient (Wildman–Crippen LogP) is 3.68. The van der Waals surface area contributed by atoms with E-state index in [1.165, 1.54) is 4.90 Å². The summed E-state index contributed by atoms with van der Waals surface area (Å²) in [4.78, 5) is 25.2. The van der Waals surface area contributed by atoms with Crippen LogP contribution in [0.2, 0.25) is 5.02 Å². The predicted molar refractivity (Wildman–Crippen MR) is 91.8 cm³/mol. The number of carbonyl (C=O) groups is 1. The van der Waals surface area contributed by atoms with Gasteiger partial charge in [0.15, 0.2) is 5.65 Å². The lowest BCUT2D eigenvalue weighted by Gasteiger charge is -2.12. The smallest absolute Gasteiger partial charge is 0.321 e. The number of benzene rings is 1. The summed E-state index contributed by atoms with van der Waals surface area (Å²) in [7, 11) is 3.36. The van der Waals surface area contributed by atoms with Crippen molar-refractivity contribution in [1.29, 1.82) is 0 Å². The van der Waals surface area contributed by atoms with Gasteiger partial charge in [0, 0.05) is 31.5 Å². The van der Waals surface area contributed by atoms with Crippen LogP contribution in [-0.4, -0.2) is 40.0 Å². The van der Waals surface area contributed by atoms with Crippen LogP contribution in [-0.2, 0) is 0 Å². The largest absolute Gasteiger partial charge is 0.337 e. The van der Waals surface area contributed by atoms with Crippen LogP contribution in [0, 0.1) is 6.92 Å². The standard InChI is InChI=1S/C16H16ClN5O/c1-9-6-13-15(18-8-9)21-14(20-13)11-7-10(4-5-12(11)17)19-16(23)22(2)3/h4-8H,1-3H3,(H,19,23)(H,18,20,21). The van der Waals surface area contributed by atoms with Crippen LogP contribution in [0.1, 0.15) is 5.56 Å². The number of nitrogens with one attached hydrogen (secondary N) is 2. The Morgan fingerprint density at radius 2 is 2.09 bits per heavy atom. The summed E-state index contributed by atoms with van der Waals surface area (Å²) in [5, 5.41) is 3.34. The van der Waals surface area contributed by atoms with Gasteiger partial charge in [-0.1, -0.05) is 11.6 Å². The van der Waals surface area contributed by atoms with Crippen molar-refractivity contribution in [2.45, 2.75) is 6.92 Å². The van der Waals surface area contributed by atoms with Crippen LogP contribution in [0.25, 0.3) is 22.6 Å². The van der Waals surface area contributed by atoms with Gasteiger partial charge in [-0.2, -0.15) is 0 Å². The fourth-order valence-corrected chi connectivity index (χ4v) is 2.36. The number of amides is 2. The Bertz CT molecular complexity index is 887. The molecule has 6 nitrogen and oxygen atoms in total. The van der Waals surface area contributed by atoms with Crippen molar-refractivity contribution in [3.63, 3.8) is 0 Å². The van der Waals surface area contributed by atoms with Gasteiger partial charge in [-0.3, -0.25) is 0 Å². The third kappa shape index (κ3) is 3.12. The number of rotatable bonds is 2. The van der Waals surface area contributed by atoms with Crippen LogP contribution in [0.15, 0.2) is 30.5 Å². The molecular weight excluding hydrogens is 314 g/mol. The first kappa shape index (κ1) is 15.3. The van der Waals surface area contributed by atoms with Gasteiger partial charge in [0.1, 0.15) is 5.82 Å². The number of H-pyrrole nitrogens is 1. The van der Waals surface area contributed by atoms with Crippen molar-refractivity contribution < 1.29 is 4.79 Å². The fourth-order valence-electron chi connectivity index (χ4n) is 2.15. The molecular formula is C16H16ClN5O. The number of hydrogen-bond donors (Lipinski definition) is 2. The van der Waals surface area contributed by atoms with E-state index < -0.39 is 0 Å². The first-order chi connectivity index (χ1) is 10.9. The molecule has 2 amide bonds. The molecule has 3 aromatic rings. The van der Waals surface area contributed by atoms with E-state index in [9.17, 15) is 4.79 Å². The molecule has 2 aromatic heterocycles. The third-order valence-electron chi connectivity index (χ3n) is 3.35. The molecule has 7 heteroatoms. The number of nitrogens with zero attached hydrogens (tertiary/aromatic N) is 3. The highest BCUT2D eigenvalue weighted by Gasteiger charge is 2.12. The fraction of sp³-hybridized carbons (Fsp3) is 0.188. The molecule has 0 atom stereocenters. The molecule has 0 spiro atoms. The molecule has 0 radical (unpaired) electrons. The first-order valence-electron chi connectivity index (χ1n) is 7.04. The van der Waals surface area contributed by atoms with E-state index in [4.69, 9.17) is 11.6 Å². The molecule has 0 aliphatic carbocycles. The minimum Gasteiger partial charge on any atom is -0.337 e. The molecule has 23 heavy (non-hydrogen) atoms. The van der Waals surface area contributed by atoms with Crippen molar-refractivity contribution in [3.05, 3.63) is 41.0 Å². The highest BCUT2D eigenvalue weighted by atomic mass is 35.5. The number of fused-ring (bicyclic) bond motifs is 1. The number of halogens is 1. The second kappa shape index (κ2) is 5.89. The van der Waals surface area contributed by atoms with Gasteiger partial charge in [0.25, 0.3) is 0 Å². The summed E-state index contributed by atoms with van der Waals surface area (Å²) in [6.07, 6.45) is 1.77. The Morgan fingerprint density at radius 3 is 2.83 bits per heavy atom. The first-order valence-corrected chi connectivity index (χ1v) is 7.42. The number of pyridine rings is 1. The quantitative estimate of drug-likeness (QED) is 0.753. The maximum absolute atomic E-state index is 11.8. The monoisotopic (exact) mass is 329 g/mol. The number of anilines is 1. The van der Waals surface area contributed by atoms with Crippen molar-refractivity contribution >= 4 is 34.5 Å². The number of carbonyl (C=O) groups excluding carboxylic acids is 1. The Morgan fingerprint density at radius 1 is 1.30 bits per heavy atom. The van der Waals surface area contributed by atoms with Crippen LogP contribution in [0.3, 0.4) is 0 Å². The Balaban J connectivity index is 2.01. The van der Waals surface area contributed by atoms with Crippen molar-refractivity contribution in [3.8, 4) is 11.4 Å². The van der Waals surface area contributed by atoms with Gasteiger partial charge in [0.2, 0.25) is 0 Å². The number of imidazole rings is 1. The summed E-state index contributed by atoms with van der Waals surface area (Å²) in [6.45, 7) is 1.97. The molecule has 3 rings (SSSR count). The molecule has 0 fully saturated rings. The van der Waals surface area contributed by atoms with Gasteiger partial charge >= 0.3 is 6.03 Å². The molecule has 0 saturated carbocycles. The van der Waals surface area contributed by atoms with Crippen LogP contribution in [0.5, 0.6) is 0 Å². The highest BCUT2D eigenvalue weighted by Crippen LogP contribution is 2.30. The summed E-state index contributed by atoms with van der Waals surface area (Å²) in [5.41, 5.74) is 3.88. The number of aromatic nitrogens is 3. The Labute approximate surface area is 138 Å². The second-order valence-electron chi connectivity index (χ2n) is 5.49. The lowest BCUT2D eigenvalue weighted by Crippen LogP contribution is -2.27. The topological polar surface area (TPSA) is 73.9 Å². The molecule has 0 aliphatic rings. The number of aryl methyl sites for hydroxylation is 1. The minimum atomic E-state index is -0.208. The van der Waals surface area contributed by atoms with Crippen LogP contribution < -0.4 is 5.32 Å². The minimum absolute atomic E-state index is 0.208. The van der Waals surface area contributed by atoms with Gasteiger partial charge in [-0.25, -0.2) is 14.8 Å². The molecule has 0 unspecified atom stereocenters. The summed E-state index contributed by atoms with van der Waals surface area (Å²) in [6, 6.07) is 7.03. The van der Waals surface area contributed by atoms with Gasteiger partial charge in [-0.05, 0) is 36.8 Å². The van der Waals surface area contributed by atoms with E-state index in [2.05, 4.69) is 20.3 Å². The highest BCUT2D eigenvalue weighted by molar-refractivity contribution is 6.33. The van der Waals surface area contributed by atoms with Crippen LogP contribution >= 0.6 is 11.6 Å². The average molecular weight is 330 g/mol. The number of hydrogen-bond acceptors (Lipinski definition) is 3. The van der Waals surface area contributed by atoms with E-state index in [0.717, 1.165) is 11.1 Å². The average Bonchev–Trinajstić information content (AvgIpc) is 2.91. The van der Waals surface area contributed by atoms with Crippen LogP contribution in [0.4, 0.5) is 10.5 Å². The molecule has 2 heterocycles. The summed E-state index contributed by atoms with van der Waals surface area (Å²) in [5.74, 6) is 0.615. The van der Waals surface area contributed by atoms with Gasteiger partial charge in [-0.15, -0.1) is 0 Å². The summed E-state index contributed by atoms with van der Waals surface area (Å²) < 4.78 is 0. The maximum atomic E-state index is 11.8. The van der Waals surface area contributed by atoms with E-state index in [1.54, 1.807) is 38.5 Å². The molecule has 0 aliphatic heterocycles. The van der Waals surface area contributed by atoms with E-state index in [0.29, 0.717) is 27.7 Å². The second-order valence-corrected chi connectivity index (χ2v) is 5.90. The number of urea groups is 1. The van der Waals surface area contributed by atoms with Gasteiger partial charge in [0.05, 0.1) is 10.5 Å². The van der Waals surface area contributed by atoms with E-state index >= 15 is 0 Å². The summed E-state index contributed by atoms with van der Waals surface area (Å²) >= 11 is 6.29. The zero-order valence-electron chi connectivity index (χ0n) is 13.0. The molecule has 0 bridgehead atoms. The number of aromatic amines is 1. The SMILES string of the molecule is Cc1cnc2nc(-c3cc(NC(=O)N(C)C)ccc3Cl)[nH]c2c1. The van der Waals surface area contributed by atoms with E-state index in [-0.39, 0.29) is 6.03 Å². The Hall–Kier alpha value is -2.60.